The van der Waals surface area contributed by atoms with E-state index >= 15 is 0 Å². The van der Waals surface area contributed by atoms with Gasteiger partial charge in [0, 0.05) is 17.3 Å². The number of amides is 2. The van der Waals surface area contributed by atoms with Crippen molar-refractivity contribution in [2.45, 2.75) is 25.1 Å². The maximum Gasteiger partial charge on any atom is 0.264 e. The van der Waals surface area contributed by atoms with Crippen molar-refractivity contribution in [3.63, 3.8) is 0 Å². The van der Waals surface area contributed by atoms with Gasteiger partial charge in [-0.05, 0) is 36.2 Å². The Bertz CT molecular complexity index is 952. The molecule has 0 saturated carbocycles. The lowest BCUT2D eigenvalue weighted by atomic mass is 10.2. The SMILES string of the molecule is CC[C@H]1S/C(=C(/C#N)C(=O)NCc2ccccc2)N(c2ccc(Cl)cc2)C1=O. The lowest BCUT2D eigenvalue weighted by Gasteiger charge is -2.18. The number of carbonyl (C=O) groups excluding carboxylic acids is 2. The summed E-state index contributed by atoms with van der Waals surface area (Å²) in [6.45, 7) is 2.20. The normalized spacial score (nSPS) is 18.0. The summed E-state index contributed by atoms with van der Waals surface area (Å²) < 4.78 is 0. The van der Waals surface area contributed by atoms with Crippen molar-refractivity contribution in [3.8, 4) is 6.07 Å². The number of rotatable bonds is 5. The molecule has 1 N–H and O–H groups in total. The van der Waals surface area contributed by atoms with Crippen LogP contribution in [0.3, 0.4) is 0 Å². The number of benzene rings is 2. The molecule has 142 valence electrons. The van der Waals surface area contributed by atoms with Gasteiger partial charge in [0.15, 0.2) is 0 Å². The fourth-order valence-electron chi connectivity index (χ4n) is 2.81. The van der Waals surface area contributed by atoms with E-state index in [-0.39, 0.29) is 16.7 Å². The van der Waals surface area contributed by atoms with Crippen LogP contribution in [0.15, 0.2) is 65.2 Å². The van der Waals surface area contributed by atoms with Gasteiger partial charge in [0.05, 0.1) is 5.25 Å². The van der Waals surface area contributed by atoms with Crippen LogP contribution in [0.5, 0.6) is 0 Å². The summed E-state index contributed by atoms with van der Waals surface area (Å²) in [4.78, 5) is 27.0. The molecule has 2 aromatic rings. The first-order valence-corrected chi connectivity index (χ1v) is 10.0. The van der Waals surface area contributed by atoms with Gasteiger partial charge in [-0.1, -0.05) is 60.6 Å². The molecule has 2 aromatic carbocycles. The first-order valence-electron chi connectivity index (χ1n) is 8.77. The van der Waals surface area contributed by atoms with Gasteiger partial charge in [-0.2, -0.15) is 5.26 Å². The average Bonchev–Trinajstić information content (AvgIpc) is 3.04. The van der Waals surface area contributed by atoms with E-state index in [1.165, 1.54) is 16.7 Å². The number of carbonyl (C=O) groups is 2. The van der Waals surface area contributed by atoms with Crippen LogP contribution in [0, 0.1) is 11.3 Å². The van der Waals surface area contributed by atoms with Crippen molar-refractivity contribution in [1.82, 2.24) is 5.32 Å². The van der Waals surface area contributed by atoms with Crippen molar-refractivity contribution < 1.29 is 9.59 Å². The summed E-state index contributed by atoms with van der Waals surface area (Å²) in [7, 11) is 0. The minimum atomic E-state index is -0.502. The lowest BCUT2D eigenvalue weighted by molar-refractivity contribution is -0.117. The van der Waals surface area contributed by atoms with E-state index in [0.717, 1.165) is 5.56 Å². The molecule has 1 aliphatic heterocycles. The summed E-state index contributed by atoms with van der Waals surface area (Å²) in [5, 5.41) is 13.0. The number of nitriles is 1. The summed E-state index contributed by atoms with van der Waals surface area (Å²) in [6.07, 6.45) is 0.599. The Morgan fingerprint density at radius 1 is 1.21 bits per heavy atom. The Morgan fingerprint density at radius 2 is 1.89 bits per heavy atom. The highest BCUT2D eigenvalue weighted by atomic mass is 35.5. The highest BCUT2D eigenvalue weighted by molar-refractivity contribution is 8.05. The van der Waals surface area contributed by atoms with Crippen molar-refractivity contribution in [1.29, 1.82) is 5.26 Å². The highest BCUT2D eigenvalue weighted by Crippen LogP contribution is 2.41. The third-order valence-electron chi connectivity index (χ3n) is 4.26. The predicted octanol–water partition coefficient (Wildman–Crippen LogP) is 4.25. The second-order valence-electron chi connectivity index (χ2n) is 6.13. The molecule has 7 heteroatoms. The number of thioether (sulfide) groups is 1. The monoisotopic (exact) mass is 411 g/mol. The molecule has 0 unspecified atom stereocenters. The van der Waals surface area contributed by atoms with Crippen molar-refractivity contribution in [2.75, 3.05) is 4.90 Å². The number of nitrogens with zero attached hydrogens (tertiary/aromatic N) is 2. The topological polar surface area (TPSA) is 73.2 Å². The molecule has 0 radical (unpaired) electrons. The standard InChI is InChI=1S/C21H18ClN3O2S/c1-2-18-20(27)25(16-10-8-15(22)9-11-16)21(28-18)17(12-23)19(26)24-13-14-6-4-3-5-7-14/h3-11,18H,2,13H2,1H3,(H,24,26)/b21-17-/t18-/m1/s1. The Balaban J connectivity index is 1.93. The van der Waals surface area contributed by atoms with Gasteiger partial charge in [0.1, 0.15) is 16.7 Å². The molecule has 5 nitrogen and oxygen atoms in total. The van der Waals surface area contributed by atoms with Crippen LogP contribution in [0.1, 0.15) is 18.9 Å². The Hall–Kier alpha value is -2.75. The number of hydrogen-bond acceptors (Lipinski definition) is 4. The predicted molar refractivity (Wildman–Crippen MR) is 112 cm³/mol. The van der Waals surface area contributed by atoms with Crippen molar-refractivity contribution >= 4 is 40.9 Å². The number of hydrogen-bond donors (Lipinski definition) is 1. The molecular weight excluding hydrogens is 394 g/mol. The lowest BCUT2D eigenvalue weighted by Crippen LogP contribution is -2.31. The highest BCUT2D eigenvalue weighted by Gasteiger charge is 2.39. The first-order chi connectivity index (χ1) is 13.5. The largest absolute Gasteiger partial charge is 0.347 e. The van der Waals surface area contributed by atoms with E-state index < -0.39 is 5.91 Å². The Morgan fingerprint density at radius 3 is 2.50 bits per heavy atom. The maximum absolute atomic E-state index is 12.9. The first kappa shape index (κ1) is 20.0. The quantitative estimate of drug-likeness (QED) is 0.589. The van der Waals surface area contributed by atoms with Crippen molar-refractivity contribution in [3.05, 3.63) is 75.8 Å². The van der Waals surface area contributed by atoms with E-state index in [1.54, 1.807) is 24.3 Å². The fourth-order valence-corrected chi connectivity index (χ4v) is 4.13. The van der Waals surface area contributed by atoms with E-state index in [9.17, 15) is 14.9 Å². The van der Waals surface area contributed by atoms with Gasteiger partial charge in [-0.25, -0.2) is 0 Å². The zero-order valence-corrected chi connectivity index (χ0v) is 16.8. The van der Waals surface area contributed by atoms with Crippen LogP contribution >= 0.6 is 23.4 Å². The molecule has 28 heavy (non-hydrogen) atoms. The van der Waals surface area contributed by atoms with E-state index in [1.807, 2.05) is 43.3 Å². The summed E-state index contributed by atoms with van der Waals surface area (Å²) in [5.41, 5.74) is 1.44. The third kappa shape index (κ3) is 4.22. The molecule has 2 amide bonds. The molecule has 0 aromatic heterocycles. The molecule has 1 heterocycles. The van der Waals surface area contributed by atoms with E-state index in [2.05, 4.69) is 5.32 Å². The number of anilines is 1. The summed E-state index contributed by atoms with van der Waals surface area (Å²) >= 11 is 7.20. The minimum Gasteiger partial charge on any atom is -0.347 e. The second kappa shape index (κ2) is 8.96. The van der Waals surface area contributed by atoms with Crippen LogP contribution in [0.4, 0.5) is 5.69 Å². The van der Waals surface area contributed by atoms with E-state index in [0.29, 0.717) is 28.7 Å². The molecule has 0 aliphatic carbocycles. The Labute approximate surface area is 173 Å². The zero-order chi connectivity index (χ0) is 20.1. The Kier molecular flexibility index (Phi) is 6.40. The third-order valence-corrected chi connectivity index (χ3v) is 5.94. The molecule has 1 aliphatic rings. The minimum absolute atomic E-state index is 0.0693. The molecule has 0 bridgehead atoms. The van der Waals surface area contributed by atoms with Crippen LogP contribution in [-0.2, 0) is 16.1 Å². The number of nitrogens with one attached hydrogen (secondary N) is 1. The van der Waals surface area contributed by atoms with Gasteiger partial charge in [-0.15, -0.1) is 0 Å². The fraction of sp³-hybridized carbons (Fsp3) is 0.190. The zero-order valence-electron chi connectivity index (χ0n) is 15.2. The van der Waals surface area contributed by atoms with Gasteiger partial charge in [0.2, 0.25) is 5.91 Å². The van der Waals surface area contributed by atoms with Gasteiger partial charge < -0.3 is 5.32 Å². The van der Waals surface area contributed by atoms with Crippen LogP contribution in [0.2, 0.25) is 5.02 Å². The molecule has 1 fully saturated rings. The second-order valence-corrected chi connectivity index (χ2v) is 7.75. The number of halogens is 1. The van der Waals surface area contributed by atoms with Crippen molar-refractivity contribution in [2.24, 2.45) is 0 Å². The average molecular weight is 412 g/mol. The van der Waals surface area contributed by atoms with Crippen LogP contribution in [-0.4, -0.2) is 17.1 Å². The van der Waals surface area contributed by atoms with Gasteiger partial charge >= 0.3 is 0 Å². The summed E-state index contributed by atoms with van der Waals surface area (Å²) in [6, 6.07) is 18.2. The molecule has 1 saturated heterocycles. The van der Waals surface area contributed by atoms with Gasteiger partial charge in [-0.3, -0.25) is 14.5 Å². The summed E-state index contributed by atoms with van der Waals surface area (Å²) in [5.74, 6) is -0.647. The molecule has 1 atom stereocenters. The smallest absolute Gasteiger partial charge is 0.264 e. The maximum atomic E-state index is 12.9. The molecular formula is C21H18ClN3O2S. The van der Waals surface area contributed by atoms with E-state index in [4.69, 9.17) is 11.6 Å². The van der Waals surface area contributed by atoms with Crippen LogP contribution < -0.4 is 10.2 Å². The van der Waals surface area contributed by atoms with Crippen LogP contribution in [0.25, 0.3) is 0 Å². The molecule has 3 rings (SSSR count). The van der Waals surface area contributed by atoms with Gasteiger partial charge in [0.25, 0.3) is 5.91 Å². The molecule has 0 spiro atoms.